The van der Waals surface area contributed by atoms with Crippen molar-refractivity contribution < 1.29 is 14.3 Å². The lowest BCUT2D eigenvalue weighted by Gasteiger charge is -2.07. The van der Waals surface area contributed by atoms with E-state index in [1.54, 1.807) is 0 Å². The number of hydrogen-bond donors (Lipinski definition) is 1. The largest absolute Gasteiger partial charge is 0.494 e. The first-order chi connectivity index (χ1) is 6.60. The molecule has 0 fully saturated rings. The lowest BCUT2D eigenvalue weighted by Crippen LogP contribution is -2.08. The van der Waals surface area contributed by atoms with E-state index in [9.17, 15) is 4.79 Å². The van der Waals surface area contributed by atoms with Gasteiger partial charge in [-0.15, -0.1) is 0 Å². The molecule has 76 valence electrons. The Hall–Kier alpha value is -1.49. The highest BCUT2D eigenvalue weighted by molar-refractivity contribution is 6.33. The number of aromatic nitrogens is 1. The van der Waals surface area contributed by atoms with Crippen molar-refractivity contribution in [1.29, 1.82) is 0 Å². The van der Waals surface area contributed by atoms with Crippen LogP contribution in [0.4, 0.5) is 5.82 Å². The number of methoxy groups -OCH3 is 2. The van der Waals surface area contributed by atoms with Crippen molar-refractivity contribution in [2.24, 2.45) is 0 Å². The van der Waals surface area contributed by atoms with Gasteiger partial charge in [0.15, 0.2) is 11.4 Å². The number of pyridine rings is 1. The molecule has 1 rings (SSSR count). The van der Waals surface area contributed by atoms with Crippen LogP contribution in [0.2, 0.25) is 5.02 Å². The van der Waals surface area contributed by atoms with Gasteiger partial charge < -0.3 is 15.2 Å². The Morgan fingerprint density at radius 2 is 2.21 bits per heavy atom. The van der Waals surface area contributed by atoms with Crippen LogP contribution >= 0.6 is 11.6 Å². The Bertz CT molecular complexity index is 368. The second-order valence-corrected chi connectivity index (χ2v) is 2.81. The normalized spacial score (nSPS) is 9.64. The minimum atomic E-state index is -0.620. The molecule has 0 saturated heterocycles. The zero-order valence-electron chi connectivity index (χ0n) is 7.70. The maximum absolute atomic E-state index is 11.2. The van der Waals surface area contributed by atoms with Crippen LogP contribution in [0.15, 0.2) is 6.07 Å². The van der Waals surface area contributed by atoms with Gasteiger partial charge in [0.1, 0.15) is 5.82 Å². The van der Waals surface area contributed by atoms with Crippen molar-refractivity contribution in [3.8, 4) is 5.75 Å². The van der Waals surface area contributed by atoms with Gasteiger partial charge in [0.25, 0.3) is 0 Å². The standard InChI is InChI=1S/C8H9ClN2O3/c1-13-5-3-4(9)7(10)11-6(5)8(12)14-2/h3H,1-2H3,(H2,10,11). The van der Waals surface area contributed by atoms with E-state index in [4.69, 9.17) is 22.1 Å². The number of halogens is 1. The van der Waals surface area contributed by atoms with Crippen LogP contribution in [0, 0.1) is 0 Å². The van der Waals surface area contributed by atoms with Gasteiger partial charge in [0.05, 0.1) is 19.2 Å². The van der Waals surface area contributed by atoms with Gasteiger partial charge in [-0.25, -0.2) is 9.78 Å². The Morgan fingerprint density at radius 1 is 1.57 bits per heavy atom. The number of anilines is 1. The number of rotatable bonds is 2. The number of esters is 1. The lowest BCUT2D eigenvalue weighted by atomic mass is 10.3. The topological polar surface area (TPSA) is 74.4 Å². The summed E-state index contributed by atoms with van der Waals surface area (Å²) < 4.78 is 9.39. The first-order valence-electron chi connectivity index (χ1n) is 3.68. The molecule has 1 aromatic heterocycles. The maximum atomic E-state index is 11.2. The third-order valence-electron chi connectivity index (χ3n) is 1.57. The average Bonchev–Trinajstić information content (AvgIpc) is 2.20. The summed E-state index contributed by atoms with van der Waals surface area (Å²) in [6.07, 6.45) is 0. The Labute approximate surface area is 85.8 Å². The molecule has 0 spiro atoms. The molecule has 5 nitrogen and oxygen atoms in total. The molecule has 1 heterocycles. The molecule has 0 aliphatic heterocycles. The third-order valence-corrected chi connectivity index (χ3v) is 1.87. The summed E-state index contributed by atoms with van der Waals surface area (Å²) in [5.74, 6) is -0.325. The van der Waals surface area contributed by atoms with E-state index in [1.807, 2.05) is 0 Å². The van der Waals surface area contributed by atoms with Crippen LogP contribution in [0.1, 0.15) is 10.5 Å². The minimum absolute atomic E-state index is 0.0110. The quantitative estimate of drug-likeness (QED) is 0.750. The minimum Gasteiger partial charge on any atom is -0.494 e. The van der Waals surface area contributed by atoms with Crippen LogP contribution in [-0.4, -0.2) is 25.2 Å². The predicted octanol–water partition coefficient (Wildman–Crippen LogP) is 1.11. The number of carbonyl (C=O) groups excluding carboxylic acids is 1. The van der Waals surface area contributed by atoms with Gasteiger partial charge in [-0.2, -0.15) is 0 Å². The Kier molecular flexibility index (Phi) is 3.14. The van der Waals surface area contributed by atoms with E-state index < -0.39 is 5.97 Å². The molecule has 0 aliphatic rings. The van der Waals surface area contributed by atoms with Gasteiger partial charge in [-0.3, -0.25) is 0 Å². The summed E-state index contributed by atoms with van der Waals surface area (Å²) in [6.45, 7) is 0. The zero-order chi connectivity index (χ0) is 10.7. The van der Waals surface area contributed by atoms with E-state index >= 15 is 0 Å². The van der Waals surface area contributed by atoms with Crippen molar-refractivity contribution >= 4 is 23.4 Å². The first-order valence-corrected chi connectivity index (χ1v) is 4.06. The van der Waals surface area contributed by atoms with E-state index in [2.05, 4.69) is 9.72 Å². The summed E-state index contributed by atoms with van der Waals surface area (Å²) in [7, 11) is 2.64. The molecule has 2 N–H and O–H groups in total. The van der Waals surface area contributed by atoms with Crippen molar-refractivity contribution in [3.63, 3.8) is 0 Å². The fourth-order valence-electron chi connectivity index (χ4n) is 0.885. The first kappa shape index (κ1) is 10.6. The molecule has 0 amide bonds. The van der Waals surface area contributed by atoms with Crippen molar-refractivity contribution in [2.75, 3.05) is 20.0 Å². The van der Waals surface area contributed by atoms with Gasteiger partial charge in [-0.05, 0) is 0 Å². The third kappa shape index (κ3) is 1.88. The zero-order valence-corrected chi connectivity index (χ0v) is 8.46. The summed E-state index contributed by atoms with van der Waals surface area (Å²) >= 11 is 5.69. The monoisotopic (exact) mass is 216 g/mol. The second kappa shape index (κ2) is 4.15. The van der Waals surface area contributed by atoms with Crippen LogP contribution in [0.5, 0.6) is 5.75 Å². The summed E-state index contributed by atoms with van der Waals surface area (Å²) in [6, 6.07) is 1.41. The van der Waals surface area contributed by atoms with Gasteiger partial charge in [0.2, 0.25) is 0 Å². The molecule has 0 aromatic carbocycles. The van der Waals surface area contributed by atoms with Crippen LogP contribution in [-0.2, 0) is 4.74 Å². The number of nitrogens with two attached hydrogens (primary N) is 1. The van der Waals surface area contributed by atoms with Gasteiger partial charge in [0, 0.05) is 6.07 Å². The highest BCUT2D eigenvalue weighted by Crippen LogP contribution is 2.25. The molecule has 14 heavy (non-hydrogen) atoms. The molecule has 0 atom stereocenters. The average molecular weight is 217 g/mol. The van der Waals surface area contributed by atoms with Crippen molar-refractivity contribution in [3.05, 3.63) is 16.8 Å². The second-order valence-electron chi connectivity index (χ2n) is 2.40. The van der Waals surface area contributed by atoms with E-state index in [1.165, 1.54) is 20.3 Å². The van der Waals surface area contributed by atoms with E-state index in [0.29, 0.717) is 0 Å². The highest BCUT2D eigenvalue weighted by atomic mass is 35.5. The molecule has 0 bridgehead atoms. The number of hydrogen-bond acceptors (Lipinski definition) is 5. The van der Waals surface area contributed by atoms with E-state index in [-0.39, 0.29) is 22.3 Å². The predicted molar refractivity (Wildman–Crippen MR) is 51.6 cm³/mol. The fourth-order valence-corrected chi connectivity index (χ4v) is 1.03. The van der Waals surface area contributed by atoms with Gasteiger partial charge >= 0.3 is 5.97 Å². The molecular formula is C8H9ClN2O3. The number of nitrogens with zero attached hydrogens (tertiary/aromatic N) is 1. The molecule has 0 aliphatic carbocycles. The summed E-state index contributed by atoms with van der Waals surface area (Å²) in [5, 5.41) is 0.231. The van der Waals surface area contributed by atoms with Crippen molar-refractivity contribution in [1.82, 2.24) is 4.98 Å². The fraction of sp³-hybridized carbons (Fsp3) is 0.250. The highest BCUT2D eigenvalue weighted by Gasteiger charge is 2.16. The molecule has 0 saturated carbocycles. The SMILES string of the molecule is COC(=O)c1nc(N)c(Cl)cc1OC. The lowest BCUT2D eigenvalue weighted by molar-refractivity contribution is 0.0590. The molecule has 0 unspecified atom stereocenters. The van der Waals surface area contributed by atoms with Crippen molar-refractivity contribution in [2.45, 2.75) is 0 Å². The Morgan fingerprint density at radius 3 is 2.71 bits per heavy atom. The molecular weight excluding hydrogens is 208 g/mol. The summed E-state index contributed by atoms with van der Waals surface area (Å²) in [5.41, 5.74) is 5.44. The van der Waals surface area contributed by atoms with Crippen LogP contribution in [0.25, 0.3) is 0 Å². The summed E-state index contributed by atoms with van der Waals surface area (Å²) in [4.78, 5) is 15.0. The number of ether oxygens (including phenoxy) is 2. The maximum Gasteiger partial charge on any atom is 0.360 e. The molecule has 1 aromatic rings. The van der Waals surface area contributed by atoms with Crippen LogP contribution in [0.3, 0.4) is 0 Å². The number of nitrogen functional groups attached to an aromatic ring is 1. The smallest absolute Gasteiger partial charge is 0.360 e. The Balaban J connectivity index is 3.27. The number of carbonyl (C=O) groups is 1. The molecule has 6 heteroatoms. The van der Waals surface area contributed by atoms with Gasteiger partial charge in [-0.1, -0.05) is 11.6 Å². The molecule has 0 radical (unpaired) electrons. The van der Waals surface area contributed by atoms with Crippen LogP contribution < -0.4 is 10.5 Å². The van der Waals surface area contributed by atoms with E-state index in [0.717, 1.165) is 0 Å².